The van der Waals surface area contributed by atoms with Gasteiger partial charge in [0, 0.05) is 0 Å². The first-order valence-corrected chi connectivity index (χ1v) is 6.00. The van der Waals surface area contributed by atoms with Crippen molar-refractivity contribution in [2.45, 2.75) is 0 Å². The van der Waals surface area contributed by atoms with Crippen LogP contribution in [0.1, 0.15) is 0 Å². The normalized spacial score (nSPS) is 9.67. The van der Waals surface area contributed by atoms with Gasteiger partial charge in [0.15, 0.2) is 0 Å². The summed E-state index contributed by atoms with van der Waals surface area (Å²) in [5.41, 5.74) is 0. The van der Waals surface area contributed by atoms with Crippen LogP contribution in [0.5, 0.6) is 0 Å². The van der Waals surface area contributed by atoms with Gasteiger partial charge in [-0.05, 0) is 22.4 Å². The van der Waals surface area contributed by atoms with Gasteiger partial charge in [-0.3, -0.25) is 8.42 Å². The molecule has 0 rings (SSSR count). The van der Waals surface area contributed by atoms with Crippen LogP contribution >= 0.6 is 0 Å². The Bertz CT molecular complexity index is 216. The molecular weight excluding hydrogens is 460 g/mol. The summed E-state index contributed by atoms with van der Waals surface area (Å²) in [6, 6.07) is 0. The van der Waals surface area contributed by atoms with Gasteiger partial charge in [-0.1, -0.05) is 0 Å². The molecule has 12 heavy (non-hydrogen) atoms. The van der Waals surface area contributed by atoms with E-state index in [2.05, 4.69) is 22.4 Å². The zero-order chi connectivity index (χ0) is 9.00. The van der Waals surface area contributed by atoms with Crippen molar-refractivity contribution in [3.8, 4) is 0 Å². The molecule has 0 unspecified atom stereocenters. The van der Waals surface area contributed by atoms with Crippen LogP contribution in [0.2, 0.25) is 0 Å². The molecule has 0 aliphatic heterocycles. The Labute approximate surface area is 138 Å². The average Bonchev–Trinajstić information content (AvgIpc) is 1.12. The Hall–Kier alpha value is 2.96. The van der Waals surface area contributed by atoms with E-state index in [0.717, 1.165) is 0 Å². The SMILES string of the molecule is O=S([O-])([O-])=S.O=S([O-])([O-])=S.[Au+3].[K+]. The first-order chi connectivity index (χ1) is 4.00. The summed E-state index contributed by atoms with van der Waals surface area (Å²) < 4.78 is 53.3. The molecule has 0 saturated carbocycles. The van der Waals surface area contributed by atoms with Crippen molar-refractivity contribution in [1.82, 2.24) is 0 Å². The van der Waals surface area contributed by atoms with Crippen molar-refractivity contribution in [3.63, 3.8) is 0 Å². The largest absolute Gasteiger partial charge is 3.00 e. The van der Waals surface area contributed by atoms with E-state index in [9.17, 15) is 0 Å². The van der Waals surface area contributed by atoms with Gasteiger partial charge in [-0.2, -0.15) is 0 Å². The smallest absolute Gasteiger partial charge is 0.780 e. The molecule has 12 heteroatoms. The third kappa shape index (κ3) is 212. The molecule has 0 aromatic rings. The van der Waals surface area contributed by atoms with Crippen LogP contribution in [0, 0.1) is 0 Å². The fourth-order valence-corrected chi connectivity index (χ4v) is 0. The fraction of sp³-hybridized carbons (Fsp3) is 0. The van der Waals surface area contributed by atoms with Crippen LogP contribution < -0.4 is 51.4 Å². The second-order valence-electron chi connectivity index (χ2n) is 0.816. The summed E-state index contributed by atoms with van der Waals surface area (Å²) in [4.78, 5) is 0. The molecule has 0 amide bonds. The molecule has 0 aromatic heterocycles. The van der Waals surface area contributed by atoms with Gasteiger partial charge in [-0.25, -0.2) is 0 Å². The average molecular weight is 460 g/mol. The molecule has 6 nitrogen and oxygen atoms in total. The first-order valence-electron chi connectivity index (χ1n) is 1.33. The molecule has 0 aromatic carbocycles. The summed E-state index contributed by atoms with van der Waals surface area (Å²) in [6.07, 6.45) is 0. The quantitative estimate of drug-likeness (QED) is 0.329. The predicted molar refractivity (Wildman–Crippen MR) is 34.1 cm³/mol. The molecule has 72 valence electrons. The van der Waals surface area contributed by atoms with Crippen molar-refractivity contribution in [2.75, 3.05) is 0 Å². The molecular formula is AuKO6S4. The van der Waals surface area contributed by atoms with Crippen molar-refractivity contribution in [2.24, 2.45) is 0 Å². The Kier molecular flexibility index (Phi) is 21.2. The minimum absolute atomic E-state index is 0. The van der Waals surface area contributed by atoms with Crippen molar-refractivity contribution in [3.05, 3.63) is 0 Å². The third-order valence-electron chi connectivity index (χ3n) is 0. The van der Waals surface area contributed by atoms with Crippen LogP contribution in [0.3, 0.4) is 0 Å². The number of hydrogen-bond acceptors (Lipinski definition) is 8. The van der Waals surface area contributed by atoms with Gasteiger partial charge < -0.3 is 18.2 Å². The van der Waals surface area contributed by atoms with E-state index in [1.807, 2.05) is 0 Å². The van der Waals surface area contributed by atoms with Crippen molar-refractivity contribution in [1.29, 1.82) is 0 Å². The van der Waals surface area contributed by atoms with Crippen LogP contribution in [0.4, 0.5) is 0 Å². The maximum Gasteiger partial charge on any atom is 3.00 e. The third-order valence-corrected chi connectivity index (χ3v) is 0. The minimum Gasteiger partial charge on any atom is -0.780 e. The molecule has 0 N–H and O–H groups in total. The Morgan fingerprint density at radius 3 is 0.833 bits per heavy atom. The molecule has 0 aliphatic rings. The second-order valence-corrected chi connectivity index (χ2v) is 4.90. The first kappa shape index (κ1) is 24.3. The van der Waals surface area contributed by atoms with E-state index in [1.165, 1.54) is 0 Å². The van der Waals surface area contributed by atoms with Crippen LogP contribution in [-0.2, 0) is 62.9 Å². The van der Waals surface area contributed by atoms with Crippen LogP contribution in [0.25, 0.3) is 0 Å². The van der Waals surface area contributed by atoms with E-state index in [0.29, 0.717) is 0 Å². The maximum atomic E-state index is 8.89. The van der Waals surface area contributed by atoms with Gasteiger partial charge in [0.05, 0.1) is 0 Å². The van der Waals surface area contributed by atoms with Crippen molar-refractivity contribution >= 4 is 40.5 Å². The Morgan fingerprint density at radius 1 is 0.833 bits per heavy atom. The summed E-state index contributed by atoms with van der Waals surface area (Å²) in [7, 11) is -8.67. The van der Waals surface area contributed by atoms with E-state index in [4.69, 9.17) is 26.6 Å². The molecule has 0 heterocycles. The summed E-state index contributed by atoms with van der Waals surface area (Å²) in [6.45, 7) is 0. The maximum absolute atomic E-state index is 8.89. The zero-order valence-corrected chi connectivity index (χ0v) is 13.9. The van der Waals surface area contributed by atoms with Crippen LogP contribution in [-0.4, -0.2) is 26.6 Å². The fourth-order valence-electron chi connectivity index (χ4n) is 0. The molecule has 0 radical (unpaired) electrons. The Balaban J connectivity index is -0.0000000457. The molecule has 0 spiro atoms. The molecule has 0 bridgehead atoms. The van der Waals surface area contributed by atoms with Gasteiger partial charge in [0.1, 0.15) is 0 Å². The van der Waals surface area contributed by atoms with E-state index < -0.39 is 18.1 Å². The van der Waals surface area contributed by atoms with Gasteiger partial charge >= 0.3 is 73.8 Å². The zero-order valence-electron chi connectivity index (χ0n) is 5.38. The second kappa shape index (κ2) is 10.5. The molecule has 0 atom stereocenters. The Morgan fingerprint density at radius 2 is 0.833 bits per heavy atom. The van der Waals surface area contributed by atoms with E-state index >= 15 is 0 Å². The van der Waals surface area contributed by atoms with E-state index in [-0.39, 0.29) is 73.8 Å². The number of rotatable bonds is 0. The van der Waals surface area contributed by atoms with Crippen molar-refractivity contribution < 1.29 is 100 Å². The minimum atomic E-state index is -4.33. The van der Waals surface area contributed by atoms with Gasteiger partial charge in [-0.15, -0.1) is 18.1 Å². The summed E-state index contributed by atoms with van der Waals surface area (Å²) in [5, 5.41) is 0. The standard InChI is InChI=1S/Au.K.2H2O3S2/c;;2*1-5(2,3)4/h;;2*(H2,1,2,3,4)/q+3;+1;;/p-4. The topological polar surface area (TPSA) is 126 Å². The van der Waals surface area contributed by atoms with Gasteiger partial charge in [0.25, 0.3) is 0 Å². The predicted octanol–water partition coefficient (Wildman–Crippen LogP) is -5.01. The van der Waals surface area contributed by atoms with Gasteiger partial charge in [0.2, 0.25) is 0 Å². The molecule has 0 aliphatic carbocycles. The monoisotopic (exact) mass is 460 g/mol. The van der Waals surface area contributed by atoms with Crippen LogP contribution in [0.15, 0.2) is 0 Å². The summed E-state index contributed by atoms with van der Waals surface area (Å²) in [5.74, 6) is 0. The molecule has 0 saturated heterocycles. The number of hydrogen-bond donors (Lipinski definition) is 0. The van der Waals surface area contributed by atoms with E-state index in [1.54, 1.807) is 0 Å². The molecule has 0 fully saturated rings. The summed E-state index contributed by atoms with van der Waals surface area (Å²) >= 11 is 6.49.